The Labute approximate surface area is 53.4 Å². The zero-order valence-electron chi connectivity index (χ0n) is 5.69. The van der Waals surface area contributed by atoms with Crippen LogP contribution in [0.2, 0.25) is 0 Å². The minimum absolute atomic E-state index is 0.482. The van der Waals surface area contributed by atoms with Crippen LogP contribution in [0.3, 0.4) is 0 Å². The van der Waals surface area contributed by atoms with Crippen molar-refractivity contribution in [3.05, 3.63) is 0 Å². The molecular weight excluding hydrogens is 116 g/mol. The van der Waals surface area contributed by atoms with Crippen LogP contribution in [0.4, 0.5) is 0 Å². The highest BCUT2D eigenvalue weighted by Gasteiger charge is 1.79. The maximum absolute atomic E-state index is 4.86. The van der Waals surface area contributed by atoms with E-state index in [2.05, 4.69) is 25.3 Å². The van der Waals surface area contributed by atoms with E-state index in [1.165, 1.54) is 0 Å². The van der Waals surface area contributed by atoms with E-state index in [4.69, 9.17) is 4.43 Å². The van der Waals surface area contributed by atoms with Crippen molar-refractivity contribution in [3.8, 4) is 11.5 Å². The van der Waals surface area contributed by atoms with Gasteiger partial charge in [-0.1, -0.05) is 13.8 Å². The van der Waals surface area contributed by atoms with Crippen molar-refractivity contribution in [1.29, 1.82) is 0 Å². The normalized spacial score (nSPS) is 10.0. The van der Waals surface area contributed by atoms with Gasteiger partial charge >= 0.3 is 0 Å². The van der Waals surface area contributed by atoms with E-state index >= 15 is 0 Å². The molecule has 0 fully saturated rings. The van der Waals surface area contributed by atoms with Crippen LogP contribution in [0.15, 0.2) is 0 Å². The molecular formula is C6H12OSi. The third-order valence-electron chi connectivity index (χ3n) is 0.607. The highest BCUT2D eigenvalue weighted by molar-refractivity contribution is 6.38. The van der Waals surface area contributed by atoms with Gasteiger partial charge in [0.05, 0.1) is 0 Å². The SMILES string of the molecule is CO[SiH2]C#CC(C)C. The van der Waals surface area contributed by atoms with Gasteiger partial charge in [0.25, 0.3) is 0 Å². The van der Waals surface area contributed by atoms with E-state index in [1.807, 2.05) is 0 Å². The molecule has 8 heavy (non-hydrogen) atoms. The summed E-state index contributed by atoms with van der Waals surface area (Å²) >= 11 is 0. The van der Waals surface area contributed by atoms with Gasteiger partial charge in [-0.15, -0.1) is 11.5 Å². The van der Waals surface area contributed by atoms with E-state index in [-0.39, 0.29) is 0 Å². The molecule has 0 aliphatic heterocycles. The molecule has 0 spiro atoms. The molecule has 0 bridgehead atoms. The standard InChI is InChI=1S/C6H12OSi/c1-6(2)4-5-8-7-3/h6H,8H2,1-3H3. The fraction of sp³-hybridized carbons (Fsp3) is 0.667. The van der Waals surface area contributed by atoms with Crippen molar-refractivity contribution in [1.82, 2.24) is 0 Å². The van der Waals surface area contributed by atoms with Crippen LogP contribution in [-0.4, -0.2) is 16.9 Å². The van der Waals surface area contributed by atoms with Crippen LogP contribution in [-0.2, 0) is 4.43 Å². The Balaban J connectivity index is 3.20. The Hall–Kier alpha value is -0.263. The molecule has 0 amide bonds. The largest absolute Gasteiger partial charge is 0.414 e. The first-order chi connectivity index (χ1) is 3.77. The molecule has 2 heteroatoms. The summed E-state index contributed by atoms with van der Waals surface area (Å²) in [6.07, 6.45) is 0. The Morgan fingerprint density at radius 2 is 2.12 bits per heavy atom. The molecule has 0 rings (SSSR count). The molecule has 0 saturated heterocycles. The summed E-state index contributed by atoms with van der Waals surface area (Å²) < 4.78 is 4.86. The van der Waals surface area contributed by atoms with Crippen molar-refractivity contribution in [2.75, 3.05) is 7.11 Å². The first-order valence-corrected chi connectivity index (χ1v) is 4.03. The van der Waals surface area contributed by atoms with Gasteiger partial charge in [-0.05, 0) is 0 Å². The third-order valence-corrected chi connectivity index (χ3v) is 1.24. The van der Waals surface area contributed by atoms with Gasteiger partial charge in [0, 0.05) is 13.0 Å². The monoisotopic (exact) mass is 128 g/mol. The Bertz CT molecular complexity index is 98.8. The molecule has 0 aromatic rings. The van der Waals surface area contributed by atoms with Crippen LogP contribution >= 0.6 is 0 Å². The summed E-state index contributed by atoms with van der Waals surface area (Å²) in [4.78, 5) is 0. The number of hydrogen-bond donors (Lipinski definition) is 0. The minimum atomic E-state index is -0.482. The van der Waals surface area contributed by atoms with Gasteiger partial charge in [-0.3, -0.25) is 0 Å². The zero-order valence-corrected chi connectivity index (χ0v) is 7.11. The van der Waals surface area contributed by atoms with Crippen molar-refractivity contribution >= 4 is 9.76 Å². The van der Waals surface area contributed by atoms with Crippen LogP contribution in [0.25, 0.3) is 0 Å². The maximum atomic E-state index is 4.86. The smallest absolute Gasteiger partial charge is 0.240 e. The first-order valence-electron chi connectivity index (χ1n) is 2.74. The van der Waals surface area contributed by atoms with E-state index in [0.29, 0.717) is 5.92 Å². The fourth-order valence-electron chi connectivity index (χ4n) is 0.318. The molecule has 0 radical (unpaired) electrons. The molecule has 0 aromatic carbocycles. The Morgan fingerprint density at radius 1 is 1.50 bits per heavy atom. The molecule has 1 nitrogen and oxygen atoms in total. The van der Waals surface area contributed by atoms with Crippen molar-refractivity contribution < 1.29 is 4.43 Å². The molecule has 0 aromatic heterocycles. The van der Waals surface area contributed by atoms with Gasteiger partial charge in [-0.2, -0.15) is 0 Å². The summed E-state index contributed by atoms with van der Waals surface area (Å²) in [6.45, 7) is 4.16. The van der Waals surface area contributed by atoms with Crippen LogP contribution < -0.4 is 0 Å². The Morgan fingerprint density at radius 3 is 2.50 bits per heavy atom. The average molecular weight is 128 g/mol. The molecule has 0 heterocycles. The van der Waals surface area contributed by atoms with Gasteiger partial charge < -0.3 is 4.43 Å². The predicted molar refractivity (Wildman–Crippen MR) is 38.2 cm³/mol. The summed E-state index contributed by atoms with van der Waals surface area (Å²) in [5.74, 6) is 3.53. The van der Waals surface area contributed by atoms with Crippen LogP contribution in [0, 0.1) is 17.4 Å². The second kappa shape index (κ2) is 4.89. The van der Waals surface area contributed by atoms with Crippen molar-refractivity contribution in [2.24, 2.45) is 5.92 Å². The van der Waals surface area contributed by atoms with Gasteiger partial charge in [0.2, 0.25) is 9.76 Å². The quantitative estimate of drug-likeness (QED) is 0.365. The van der Waals surface area contributed by atoms with Crippen molar-refractivity contribution in [3.63, 3.8) is 0 Å². The lowest BCUT2D eigenvalue weighted by Crippen LogP contribution is -1.88. The third kappa shape index (κ3) is 5.74. The summed E-state index contributed by atoms with van der Waals surface area (Å²) in [6, 6.07) is 0. The Kier molecular flexibility index (Phi) is 4.72. The fourth-order valence-corrected chi connectivity index (χ4v) is 0.954. The highest BCUT2D eigenvalue weighted by Crippen LogP contribution is 1.83. The zero-order chi connectivity index (χ0) is 6.41. The molecule has 46 valence electrons. The summed E-state index contributed by atoms with van der Waals surface area (Å²) in [5.41, 5.74) is 3.00. The number of hydrogen-bond acceptors (Lipinski definition) is 1. The first kappa shape index (κ1) is 7.74. The number of rotatable bonds is 1. The molecule has 0 aliphatic carbocycles. The van der Waals surface area contributed by atoms with Crippen LogP contribution in [0.5, 0.6) is 0 Å². The second-order valence-electron chi connectivity index (χ2n) is 1.91. The molecule has 0 N–H and O–H groups in total. The van der Waals surface area contributed by atoms with E-state index in [9.17, 15) is 0 Å². The average Bonchev–Trinajstić information content (AvgIpc) is 1.66. The molecule has 0 aliphatic rings. The topological polar surface area (TPSA) is 9.23 Å². The molecule has 0 saturated carbocycles. The summed E-state index contributed by atoms with van der Waals surface area (Å²) in [7, 11) is 1.23. The van der Waals surface area contributed by atoms with E-state index in [0.717, 1.165) is 0 Å². The van der Waals surface area contributed by atoms with Gasteiger partial charge in [-0.25, -0.2) is 0 Å². The maximum Gasteiger partial charge on any atom is 0.240 e. The van der Waals surface area contributed by atoms with E-state index in [1.54, 1.807) is 7.11 Å². The van der Waals surface area contributed by atoms with Crippen LogP contribution in [0.1, 0.15) is 13.8 Å². The van der Waals surface area contributed by atoms with E-state index < -0.39 is 9.76 Å². The molecule has 0 atom stereocenters. The lowest BCUT2D eigenvalue weighted by molar-refractivity contribution is 0.451. The highest BCUT2D eigenvalue weighted by atomic mass is 28.2. The van der Waals surface area contributed by atoms with Gasteiger partial charge in [0.15, 0.2) is 0 Å². The second-order valence-corrected chi connectivity index (χ2v) is 3.13. The summed E-state index contributed by atoms with van der Waals surface area (Å²) in [5, 5.41) is 0. The molecule has 0 unspecified atom stereocenters. The van der Waals surface area contributed by atoms with Crippen molar-refractivity contribution in [2.45, 2.75) is 13.8 Å². The minimum Gasteiger partial charge on any atom is -0.414 e. The lowest BCUT2D eigenvalue weighted by Gasteiger charge is -1.86. The lowest BCUT2D eigenvalue weighted by atomic mass is 10.2. The van der Waals surface area contributed by atoms with Gasteiger partial charge in [0.1, 0.15) is 0 Å². The predicted octanol–water partition coefficient (Wildman–Crippen LogP) is 0.334.